The minimum Gasteiger partial charge on any atom is -0.401 e. The number of piperidine rings is 1. The van der Waals surface area contributed by atoms with Crippen LogP contribution in [0.3, 0.4) is 0 Å². The van der Waals surface area contributed by atoms with Crippen molar-refractivity contribution in [3.8, 4) is 0 Å². The van der Waals surface area contributed by atoms with Crippen LogP contribution in [-0.4, -0.2) is 23.8 Å². The van der Waals surface area contributed by atoms with Crippen molar-refractivity contribution in [2.75, 3.05) is 24.1 Å². The van der Waals surface area contributed by atoms with E-state index in [1.54, 1.807) is 30.6 Å². The second kappa shape index (κ2) is 7.81. The summed E-state index contributed by atoms with van der Waals surface area (Å²) < 4.78 is 0. The van der Waals surface area contributed by atoms with Crippen molar-refractivity contribution < 1.29 is 0 Å². The van der Waals surface area contributed by atoms with Crippen molar-refractivity contribution in [2.45, 2.75) is 12.8 Å². The number of anilines is 2. The standard InChI is InChI=1S/C19H24N6/c20-17-4-3-15(25-12-18(21)14-2-1-7-24-11-14)10-16(17)19(22)13-5-8-23-9-6-13/h3-6,8-10,12,14,22,24-25H,1-2,7,11,20-21H2/b18-12-,22-19?/t14-/m1/s1. The molecule has 0 radical (unpaired) electrons. The molecule has 1 aromatic carbocycles. The van der Waals surface area contributed by atoms with E-state index in [4.69, 9.17) is 16.9 Å². The van der Waals surface area contributed by atoms with Crippen LogP contribution >= 0.6 is 0 Å². The largest absolute Gasteiger partial charge is 0.401 e. The maximum absolute atomic E-state index is 8.40. The highest BCUT2D eigenvalue weighted by atomic mass is 14.9. The number of nitrogens with two attached hydrogens (primary N) is 2. The van der Waals surface area contributed by atoms with Crippen LogP contribution in [-0.2, 0) is 0 Å². The zero-order valence-corrected chi connectivity index (χ0v) is 14.1. The van der Waals surface area contributed by atoms with Crippen LogP contribution in [0.5, 0.6) is 0 Å². The van der Waals surface area contributed by atoms with Gasteiger partial charge in [-0.15, -0.1) is 0 Å². The molecule has 1 aromatic heterocycles. The lowest BCUT2D eigenvalue weighted by Crippen LogP contribution is -2.33. The van der Waals surface area contributed by atoms with E-state index in [9.17, 15) is 0 Å². The zero-order chi connectivity index (χ0) is 17.6. The molecule has 7 N–H and O–H groups in total. The lowest BCUT2D eigenvalue weighted by atomic mass is 9.97. The van der Waals surface area contributed by atoms with Gasteiger partial charge in [-0.05, 0) is 49.7 Å². The first-order valence-corrected chi connectivity index (χ1v) is 8.47. The minimum atomic E-state index is 0.365. The fraction of sp³-hybridized carbons (Fsp3) is 0.263. The first-order chi connectivity index (χ1) is 12.1. The van der Waals surface area contributed by atoms with E-state index in [1.807, 2.05) is 18.3 Å². The number of nitrogen functional groups attached to an aromatic ring is 1. The van der Waals surface area contributed by atoms with Crippen molar-refractivity contribution in [3.63, 3.8) is 0 Å². The van der Waals surface area contributed by atoms with Gasteiger partial charge in [0.05, 0.1) is 5.71 Å². The number of hydrogen-bond acceptors (Lipinski definition) is 6. The van der Waals surface area contributed by atoms with Gasteiger partial charge in [-0.2, -0.15) is 0 Å². The molecule has 0 unspecified atom stereocenters. The summed E-state index contributed by atoms with van der Waals surface area (Å²) in [4.78, 5) is 3.99. The van der Waals surface area contributed by atoms with Gasteiger partial charge in [0.1, 0.15) is 0 Å². The minimum absolute atomic E-state index is 0.365. The zero-order valence-electron chi connectivity index (χ0n) is 14.1. The summed E-state index contributed by atoms with van der Waals surface area (Å²) >= 11 is 0. The molecule has 0 saturated carbocycles. The van der Waals surface area contributed by atoms with Crippen molar-refractivity contribution in [1.29, 1.82) is 5.41 Å². The number of pyridine rings is 1. The lowest BCUT2D eigenvalue weighted by Gasteiger charge is -2.23. The highest BCUT2D eigenvalue weighted by Crippen LogP contribution is 2.22. The molecular formula is C19H24N6. The second-order valence-electron chi connectivity index (χ2n) is 6.24. The van der Waals surface area contributed by atoms with E-state index in [1.165, 1.54) is 0 Å². The van der Waals surface area contributed by atoms with Gasteiger partial charge in [-0.1, -0.05) is 0 Å². The highest BCUT2D eigenvalue weighted by Gasteiger charge is 2.15. The van der Waals surface area contributed by atoms with Crippen molar-refractivity contribution >= 4 is 17.1 Å². The summed E-state index contributed by atoms with van der Waals surface area (Å²) in [6.07, 6.45) is 7.45. The maximum atomic E-state index is 8.40. The Bertz CT molecular complexity index is 763. The van der Waals surface area contributed by atoms with Crippen LogP contribution in [0.2, 0.25) is 0 Å². The van der Waals surface area contributed by atoms with Crippen LogP contribution < -0.4 is 22.1 Å². The molecule has 6 heteroatoms. The average Bonchev–Trinajstić information content (AvgIpc) is 2.68. The van der Waals surface area contributed by atoms with Gasteiger partial charge < -0.3 is 22.1 Å². The summed E-state index contributed by atoms with van der Waals surface area (Å²) in [5.74, 6) is 0.365. The normalized spacial score (nSPS) is 17.9. The molecule has 1 aliphatic rings. The first kappa shape index (κ1) is 17.0. The molecule has 1 aliphatic heterocycles. The molecule has 1 saturated heterocycles. The monoisotopic (exact) mass is 336 g/mol. The predicted octanol–water partition coefficient (Wildman–Crippen LogP) is 2.29. The molecule has 2 heterocycles. The Morgan fingerprint density at radius 2 is 2.08 bits per heavy atom. The summed E-state index contributed by atoms with van der Waals surface area (Å²) in [5, 5.41) is 15.0. The number of nitrogens with zero attached hydrogens (tertiary/aromatic N) is 1. The predicted molar refractivity (Wildman–Crippen MR) is 103 cm³/mol. The summed E-state index contributed by atoms with van der Waals surface area (Å²) in [5.41, 5.74) is 16.4. The third-order valence-corrected chi connectivity index (χ3v) is 4.47. The Labute approximate surface area is 147 Å². The van der Waals surface area contributed by atoms with Crippen LogP contribution in [0, 0.1) is 11.3 Å². The van der Waals surface area contributed by atoms with Crippen LogP contribution in [0.25, 0.3) is 0 Å². The molecule has 130 valence electrons. The van der Waals surface area contributed by atoms with Gasteiger partial charge in [0, 0.05) is 59.3 Å². The Morgan fingerprint density at radius 1 is 1.28 bits per heavy atom. The van der Waals surface area contributed by atoms with E-state index in [2.05, 4.69) is 15.6 Å². The SMILES string of the molecule is N=C(c1ccncc1)c1cc(N/C=C(\N)[C@@H]2CCCNC2)ccc1N. The maximum Gasteiger partial charge on any atom is 0.0707 e. The van der Waals surface area contributed by atoms with E-state index in [0.717, 1.165) is 42.9 Å². The molecule has 3 rings (SSSR count). The molecule has 0 aliphatic carbocycles. The third kappa shape index (κ3) is 4.16. The van der Waals surface area contributed by atoms with Gasteiger partial charge in [-0.25, -0.2) is 0 Å². The molecular weight excluding hydrogens is 312 g/mol. The number of nitrogens with one attached hydrogen (secondary N) is 3. The first-order valence-electron chi connectivity index (χ1n) is 8.47. The third-order valence-electron chi connectivity index (χ3n) is 4.47. The quantitative estimate of drug-likeness (QED) is 0.425. The molecule has 6 nitrogen and oxygen atoms in total. The van der Waals surface area contributed by atoms with Gasteiger partial charge in [-0.3, -0.25) is 10.4 Å². The average molecular weight is 336 g/mol. The van der Waals surface area contributed by atoms with E-state index in [-0.39, 0.29) is 0 Å². The number of hydrogen-bond donors (Lipinski definition) is 5. The molecule has 2 aromatic rings. The van der Waals surface area contributed by atoms with Crippen LogP contribution in [0.15, 0.2) is 54.6 Å². The number of aromatic nitrogens is 1. The topological polar surface area (TPSA) is 113 Å². The smallest absolute Gasteiger partial charge is 0.0707 e. The molecule has 0 amide bonds. The molecule has 0 bridgehead atoms. The van der Waals surface area contributed by atoms with Gasteiger partial charge in [0.2, 0.25) is 0 Å². The number of benzene rings is 1. The van der Waals surface area contributed by atoms with E-state index >= 15 is 0 Å². The van der Waals surface area contributed by atoms with Gasteiger partial charge in [0.25, 0.3) is 0 Å². The lowest BCUT2D eigenvalue weighted by molar-refractivity contribution is 0.419. The van der Waals surface area contributed by atoms with Gasteiger partial charge in [0.15, 0.2) is 0 Å². The van der Waals surface area contributed by atoms with Crippen LogP contribution in [0.1, 0.15) is 24.0 Å². The van der Waals surface area contributed by atoms with E-state index in [0.29, 0.717) is 22.9 Å². The second-order valence-corrected chi connectivity index (χ2v) is 6.24. The van der Waals surface area contributed by atoms with Crippen molar-refractivity contribution in [1.82, 2.24) is 10.3 Å². The molecule has 1 atom stereocenters. The Balaban J connectivity index is 1.76. The Morgan fingerprint density at radius 3 is 2.80 bits per heavy atom. The fourth-order valence-electron chi connectivity index (χ4n) is 2.96. The number of rotatable bonds is 5. The van der Waals surface area contributed by atoms with Crippen LogP contribution in [0.4, 0.5) is 11.4 Å². The van der Waals surface area contributed by atoms with Crippen molar-refractivity contribution in [2.24, 2.45) is 11.7 Å². The Hall–Kier alpha value is -2.86. The summed E-state index contributed by atoms with van der Waals surface area (Å²) in [6, 6.07) is 9.17. The Kier molecular flexibility index (Phi) is 5.30. The molecule has 0 spiro atoms. The van der Waals surface area contributed by atoms with E-state index < -0.39 is 0 Å². The van der Waals surface area contributed by atoms with Crippen molar-refractivity contribution in [3.05, 3.63) is 65.7 Å². The fourth-order valence-corrected chi connectivity index (χ4v) is 2.96. The molecule has 25 heavy (non-hydrogen) atoms. The summed E-state index contributed by atoms with van der Waals surface area (Å²) in [7, 11) is 0. The highest BCUT2D eigenvalue weighted by molar-refractivity contribution is 6.14. The van der Waals surface area contributed by atoms with Gasteiger partial charge >= 0.3 is 0 Å². The summed E-state index contributed by atoms with van der Waals surface area (Å²) in [6.45, 7) is 1.99. The molecule has 1 fully saturated rings.